The molecule has 30 heavy (non-hydrogen) atoms. The SMILES string of the molecule is CCN1C(=O)c2c(O)c(=O)c(-c3nnc(Cc4ccc(F)cc4F)s3)cn2CN1C. The molecule has 0 saturated carbocycles. The molecular formula is C19H17F2N5O3S. The fourth-order valence-corrected chi connectivity index (χ4v) is 4.23. The predicted octanol–water partition coefficient (Wildman–Crippen LogP) is 2.22. The molecule has 0 unspecified atom stereocenters. The van der Waals surface area contributed by atoms with Gasteiger partial charge in [-0.15, -0.1) is 10.2 Å². The lowest BCUT2D eigenvalue weighted by Gasteiger charge is -2.37. The Morgan fingerprint density at radius 1 is 1.23 bits per heavy atom. The number of amides is 1. The summed E-state index contributed by atoms with van der Waals surface area (Å²) in [6.07, 6.45) is 1.54. The molecule has 8 nitrogen and oxygen atoms in total. The van der Waals surface area contributed by atoms with Gasteiger partial charge in [0.05, 0.1) is 12.2 Å². The molecule has 1 N–H and O–H groups in total. The molecule has 3 aromatic rings. The molecule has 0 saturated heterocycles. The van der Waals surface area contributed by atoms with Gasteiger partial charge in [-0.2, -0.15) is 0 Å². The van der Waals surface area contributed by atoms with Crippen molar-refractivity contribution >= 4 is 17.2 Å². The standard InChI is InChI=1S/C19H17F2N5O3S/c1-3-26-19(29)15-17(28)16(27)12(8-25(15)9-24(26)2)18-23-22-14(30-18)6-10-4-5-11(20)7-13(10)21/h4-5,7-8,28H,3,6,9H2,1-2H3. The summed E-state index contributed by atoms with van der Waals surface area (Å²) in [6, 6.07) is 3.27. The van der Waals surface area contributed by atoms with E-state index in [2.05, 4.69) is 10.2 Å². The van der Waals surface area contributed by atoms with E-state index < -0.39 is 28.7 Å². The van der Waals surface area contributed by atoms with Crippen LogP contribution in [0.25, 0.3) is 10.6 Å². The predicted molar refractivity (Wildman–Crippen MR) is 105 cm³/mol. The average molecular weight is 433 g/mol. The Labute approximate surface area is 173 Å². The summed E-state index contributed by atoms with van der Waals surface area (Å²) in [5.74, 6) is -2.49. The molecule has 1 aromatic carbocycles. The van der Waals surface area contributed by atoms with E-state index in [1.807, 2.05) is 0 Å². The van der Waals surface area contributed by atoms with Crippen LogP contribution in [0.15, 0.2) is 29.2 Å². The first-order chi connectivity index (χ1) is 14.3. The van der Waals surface area contributed by atoms with E-state index in [4.69, 9.17) is 0 Å². The Balaban J connectivity index is 1.71. The molecule has 0 atom stereocenters. The monoisotopic (exact) mass is 433 g/mol. The minimum atomic E-state index is -0.731. The summed E-state index contributed by atoms with van der Waals surface area (Å²) in [5.41, 5.74) is -0.477. The summed E-state index contributed by atoms with van der Waals surface area (Å²) in [5, 5.41) is 22.2. The van der Waals surface area contributed by atoms with Gasteiger partial charge in [-0.1, -0.05) is 17.4 Å². The zero-order valence-corrected chi connectivity index (χ0v) is 16.9. The topological polar surface area (TPSA) is 91.6 Å². The highest BCUT2D eigenvalue weighted by Gasteiger charge is 2.32. The number of aromatic hydroxyl groups is 1. The molecule has 1 aliphatic heterocycles. The highest BCUT2D eigenvalue weighted by Crippen LogP contribution is 2.28. The Bertz CT molecular complexity index is 1210. The number of nitrogens with zero attached hydrogens (tertiary/aromatic N) is 5. The molecule has 4 rings (SSSR count). The van der Waals surface area contributed by atoms with Crippen LogP contribution in [0.3, 0.4) is 0 Å². The normalized spacial score (nSPS) is 14.3. The Hall–Kier alpha value is -3.18. The summed E-state index contributed by atoms with van der Waals surface area (Å²) in [6.45, 7) is 2.44. The van der Waals surface area contributed by atoms with Crippen LogP contribution in [-0.4, -0.2) is 49.4 Å². The van der Waals surface area contributed by atoms with E-state index in [1.165, 1.54) is 21.8 Å². The summed E-state index contributed by atoms with van der Waals surface area (Å²) in [4.78, 5) is 25.3. The van der Waals surface area contributed by atoms with Gasteiger partial charge in [0.2, 0.25) is 5.43 Å². The van der Waals surface area contributed by atoms with Crippen molar-refractivity contribution in [3.63, 3.8) is 0 Å². The minimum absolute atomic E-state index is 0.0781. The van der Waals surface area contributed by atoms with E-state index in [1.54, 1.807) is 19.0 Å². The number of fused-ring (bicyclic) bond motifs is 1. The lowest BCUT2D eigenvalue weighted by molar-refractivity contribution is -0.0228. The second-order valence-corrected chi connectivity index (χ2v) is 7.83. The van der Waals surface area contributed by atoms with Gasteiger partial charge < -0.3 is 9.67 Å². The number of benzene rings is 1. The molecular weight excluding hydrogens is 416 g/mol. The van der Waals surface area contributed by atoms with Crippen LogP contribution >= 0.6 is 11.3 Å². The molecule has 3 heterocycles. The Kier molecular flexibility index (Phi) is 5.08. The Morgan fingerprint density at radius 2 is 2.00 bits per heavy atom. The average Bonchev–Trinajstić information content (AvgIpc) is 3.15. The summed E-state index contributed by atoms with van der Waals surface area (Å²) >= 11 is 1.06. The van der Waals surface area contributed by atoms with Crippen molar-refractivity contribution in [1.29, 1.82) is 0 Å². The maximum absolute atomic E-state index is 13.9. The second-order valence-electron chi connectivity index (χ2n) is 6.77. The van der Waals surface area contributed by atoms with Gasteiger partial charge in [-0.05, 0) is 18.6 Å². The van der Waals surface area contributed by atoms with Gasteiger partial charge in [0.15, 0.2) is 16.5 Å². The van der Waals surface area contributed by atoms with E-state index in [9.17, 15) is 23.5 Å². The largest absolute Gasteiger partial charge is 0.503 e. The highest BCUT2D eigenvalue weighted by atomic mass is 32.1. The first kappa shape index (κ1) is 20.1. The van der Waals surface area contributed by atoms with Crippen LogP contribution in [0.2, 0.25) is 0 Å². The van der Waals surface area contributed by atoms with Crippen LogP contribution in [0, 0.1) is 11.6 Å². The van der Waals surface area contributed by atoms with Crippen molar-refractivity contribution in [2.24, 2.45) is 0 Å². The first-order valence-electron chi connectivity index (χ1n) is 9.06. The minimum Gasteiger partial charge on any atom is -0.503 e. The second kappa shape index (κ2) is 7.58. The third-order valence-electron chi connectivity index (χ3n) is 4.82. The molecule has 0 fully saturated rings. The fourth-order valence-electron chi connectivity index (χ4n) is 3.36. The molecule has 1 aliphatic rings. The van der Waals surface area contributed by atoms with Crippen LogP contribution < -0.4 is 5.43 Å². The zero-order chi connectivity index (χ0) is 21.6. The van der Waals surface area contributed by atoms with Crippen molar-refractivity contribution in [1.82, 2.24) is 24.8 Å². The van der Waals surface area contributed by atoms with E-state index in [0.717, 1.165) is 23.5 Å². The molecule has 156 valence electrons. The van der Waals surface area contributed by atoms with E-state index in [-0.39, 0.29) is 34.9 Å². The number of rotatable bonds is 4. The lowest BCUT2D eigenvalue weighted by Crippen LogP contribution is -2.50. The fraction of sp³-hybridized carbons (Fsp3) is 0.263. The molecule has 0 radical (unpaired) electrons. The van der Waals surface area contributed by atoms with Crippen LogP contribution in [0.1, 0.15) is 28.0 Å². The van der Waals surface area contributed by atoms with Crippen molar-refractivity contribution in [2.75, 3.05) is 13.6 Å². The molecule has 2 aromatic heterocycles. The third-order valence-corrected chi connectivity index (χ3v) is 5.77. The van der Waals surface area contributed by atoms with Crippen molar-refractivity contribution in [3.8, 4) is 16.3 Å². The molecule has 11 heteroatoms. The molecule has 1 amide bonds. The van der Waals surface area contributed by atoms with Crippen molar-refractivity contribution in [3.05, 3.63) is 62.5 Å². The van der Waals surface area contributed by atoms with Gasteiger partial charge in [0, 0.05) is 32.3 Å². The number of hydrogen-bond acceptors (Lipinski definition) is 7. The number of carbonyl (C=O) groups excluding carboxylic acids is 1. The zero-order valence-electron chi connectivity index (χ0n) is 16.1. The first-order valence-corrected chi connectivity index (χ1v) is 9.87. The molecule has 0 aliphatic carbocycles. The number of hydrogen-bond donors (Lipinski definition) is 1. The van der Waals surface area contributed by atoms with Crippen molar-refractivity contribution in [2.45, 2.75) is 20.0 Å². The van der Waals surface area contributed by atoms with Gasteiger partial charge >= 0.3 is 0 Å². The smallest absolute Gasteiger partial charge is 0.288 e. The summed E-state index contributed by atoms with van der Waals surface area (Å²) in [7, 11) is 1.72. The number of aromatic nitrogens is 3. The van der Waals surface area contributed by atoms with Crippen molar-refractivity contribution < 1.29 is 18.7 Å². The number of halogens is 2. The lowest BCUT2D eigenvalue weighted by atomic mass is 10.1. The van der Waals surface area contributed by atoms with Crippen LogP contribution in [-0.2, 0) is 13.1 Å². The van der Waals surface area contributed by atoms with Gasteiger partial charge in [-0.25, -0.2) is 13.8 Å². The summed E-state index contributed by atoms with van der Waals surface area (Å²) < 4.78 is 28.5. The Morgan fingerprint density at radius 3 is 2.70 bits per heavy atom. The van der Waals surface area contributed by atoms with E-state index >= 15 is 0 Å². The maximum atomic E-state index is 13.9. The van der Waals surface area contributed by atoms with E-state index in [0.29, 0.717) is 11.6 Å². The maximum Gasteiger partial charge on any atom is 0.288 e. The van der Waals surface area contributed by atoms with Crippen LogP contribution in [0.4, 0.5) is 8.78 Å². The van der Waals surface area contributed by atoms with Gasteiger partial charge in [0.25, 0.3) is 5.91 Å². The van der Waals surface area contributed by atoms with Gasteiger partial charge in [0.1, 0.15) is 16.6 Å². The quantitative estimate of drug-likeness (QED) is 0.679. The molecule has 0 spiro atoms. The number of pyridine rings is 1. The van der Waals surface area contributed by atoms with Crippen LogP contribution in [0.5, 0.6) is 5.75 Å². The third kappa shape index (κ3) is 3.35. The molecule has 0 bridgehead atoms. The number of carbonyl (C=O) groups is 1. The number of hydrazine groups is 1. The van der Waals surface area contributed by atoms with Gasteiger partial charge in [-0.3, -0.25) is 14.6 Å². The highest BCUT2D eigenvalue weighted by molar-refractivity contribution is 7.14.